The van der Waals surface area contributed by atoms with E-state index in [1.807, 2.05) is 6.92 Å². The predicted octanol–water partition coefficient (Wildman–Crippen LogP) is 1.35. The number of rotatable bonds is 6. The molecule has 0 aromatic heterocycles. The Labute approximate surface area is 146 Å². The van der Waals surface area contributed by atoms with E-state index in [4.69, 9.17) is 18.9 Å². The normalized spacial score (nSPS) is 29.8. The molecule has 0 aromatic rings. The Morgan fingerprint density at radius 3 is 1.92 bits per heavy atom. The molecule has 0 radical (unpaired) electrons. The summed E-state index contributed by atoms with van der Waals surface area (Å²) < 4.78 is 20.3. The minimum atomic E-state index is -2.11. The van der Waals surface area contributed by atoms with Crippen molar-refractivity contribution in [2.45, 2.75) is 53.8 Å². The van der Waals surface area contributed by atoms with Crippen molar-refractivity contribution in [3.8, 4) is 0 Å². The average Bonchev–Trinajstić information content (AvgIpc) is 2.79. The van der Waals surface area contributed by atoms with Crippen molar-refractivity contribution < 1.29 is 38.1 Å². The first-order valence-electron chi connectivity index (χ1n) is 8.18. The molecule has 2 fully saturated rings. The van der Waals surface area contributed by atoms with E-state index >= 15 is 0 Å². The highest BCUT2D eigenvalue weighted by Gasteiger charge is 2.84. The van der Waals surface area contributed by atoms with Gasteiger partial charge in [-0.3, -0.25) is 14.4 Å². The third-order valence-electron chi connectivity index (χ3n) is 5.62. The van der Waals surface area contributed by atoms with Gasteiger partial charge in [-0.15, -0.1) is 0 Å². The van der Waals surface area contributed by atoms with Crippen molar-refractivity contribution in [2.24, 2.45) is 16.2 Å². The van der Waals surface area contributed by atoms with Crippen LogP contribution in [0.2, 0.25) is 0 Å². The number of carbonyl (C=O) groups is 4. The quantitative estimate of drug-likeness (QED) is 0.304. The molecule has 0 aliphatic carbocycles. The van der Waals surface area contributed by atoms with Gasteiger partial charge in [0.05, 0.1) is 10.8 Å². The molecule has 140 valence electrons. The molecule has 0 N–H and O–H groups in total. The van der Waals surface area contributed by atoms with Crippen molar-refractivity contribution in [1.82, 2.24) is 0 Å². The van der Waals surface area contributed by atoms with E-state index in [0.717, 1.165) is 0 Å². The summed E-state index contributed by atoms with van der Waals surface area (Å²) >= 11 is 0. The van der Waals surface area contributed by atoms with Gasteiger partial charge in [-0.1, -0.05) is 20.8 Å². The Morgan fingerprint density at radius 2 is 1.48 bits per heavy atom. The molecule has 2 saturated heterocycles. The number of hydrogen-bond acceptors (Lipinski definition) is 8. The molecule has 0 saturated carbocycles. The molecule has 0 unspecified atom stereocenters. The van der Waals surface area contributed by atoms with Gasteiger partial charge in [-0.25, -0.2) is 4.79 Å². The molecule has 0 amide bonds. The first-order valence-corrected chi connectivity index (χ1v) is 8.18. The zero-order chi connectivity index (χ0) is 19.3. The highest BCUT2D eigenvalue weighted by molar-refractivity contribution is 6.09. The second-order valence-corrected chi connectivity index (χ2v) is 7.65. The van der Waals surface area contributed by atoms with E-state index in [9.17, 15) is 19.2 Å². The Morgan fingerprint density at radius 1 is 1.00 bits per heavy atom. The van der Waals surface area contributed by atoms with Gasteiger partial charge in [-0.2, -0.15) is 0 Å². The standard InChI is InChI=1S/C17H24O8/c1-7-14(2,3)10(18)22-8-9-23-13(21)17-15(4,5)16(6,11(19)24-17)12(20)25-17/h7-9H2,1-6H3. The van der Waals surface area contributed by atoms with Crippen molar-refractivity contribution in [3.63, 3.8) is 0 Å². The molecule has 0 atom stereocenters. The monoisotopic (exact) mass is 356 g/mol. The topological polar surface area (TPSA) is 105 Å². The maximum Gasteiger partial charge on any atom is 0.393 e. The highest BCUT2D eigenvalue weighted by atomic mass is 16.8. The van der Waals surface area contributed by atoms with Gasteiger partial charge in [0.1, 0.15) is 13.2 Å². The number of carbonyl (C=O) groups excluding carboxylic acids is 4. The zero-order valence-corrected chi connectivity index (χ0v) is 15.4. The summed E-state index contributed by atoms with van der Waals surface area (Å²) in [5.74, 6) is -5.14. The molecule has 0 aromatic carbocycles. The van der Waals surface area contributed by atoms with E-state index in [-0.39, 0.29) is 13.2 Å². The smallest absolute Gasteiger partial charge is 0.393 e. The van der Waals surface area contributed by atoms with Crippen LogP contribution in [0.5, 0.6) is 0 Å². The molecule has 2 rings (SSSR count). The van der Waals surface area contributed by atoms with Crippen LogP contribution in [0.1, 0.15) is 48.0 Å². The zero-order valence-electron chi connectivity index (χ0n) is 15.4. The molecular formula is C17H24O8. The second kappa shape index (κ2) is 5.71. The minimum absolute atomic E-state index is 0.149. The van der Waals surface area contributed by atoms with Crippen LogP contribution in [-0.2, 0) is 38.1 Å². The highest BCUT2D eigenvalue weighted by Crippen LogP contribution is 2.62. The van der Waals surface area contributed by atoms with Crippen LogP contribution in [0, 0.1) is 16.2 Å². The van der Waals surface area contributed by atoms with Crippen molar-refractivity contribution in [1.29, 1.82) is 0 Å². The minimum Gasteiger partial charge on any atom is -0.462 e. The van der Waals surface area contributed by atoms with Gasteiger partial charge in [0.2, 0.25) is 0 Å². The van der Waals surface area contributed by atoms with Crippen LogP contribution in [-0.4, -0.2) is 42.9 Å². The van der Waals surface area contributed by atoms with Crippen LogP contribution in [0.3, 0.4) is 0 Å². The van der Waals surface area contributed by atoms with Crippen molar-refractivity contribution in [3.05, 3.63) is 0 Å². The molecule has 2 heterocycles. The van der Waals surface area contributed by atoms with Crippen LogP contribution in [0.25, 0.3) is 0 Å². The molecular weight excluding hydrogens is 332 g/mol. The molecule has 8 heteroatoms. The van der Waals surface area contributed by atoms with E-state index in [1.54, 1.807) is 13.8 Å². The summed E-state index contributed by atoms with van der Waals surface area (Å²) in [4.78, 5) is 48.4. The van der Waals surface area contributed by atoms with Crippen LogP contribution >= 0.6 is 0 Å². The van der Waals surface area contributed by atoms with Crippen LogP contribution < -0.4 is 0 Å². The van der Waals surface area contributed by atoms with Gasteiger partial charge >= 0.3 is 29.7 Å². The Bertz CT molecular complexity index is 613. The maximum absolute atomic E-state index is 12.5. The fourth-order valence-corrected chi connectivity index (χ4v) is 2.71. The molecule has 2 bridgehead atoms. The fraction of sp³-hybridized carbons (Fsp3) is 0.765. The van der Waals surface area contributed by atoms with Crippen molar-refractivity contribution in [2.75, 3.05) is 13.2 Å². The van der Waals surface area contributed by atoms with Gasteiger partial charge in [-0.05, 0) is 27.2 Å². The fourth-order valence-electron chi connectivity index (χ4n) is 2.71. The number of fused-ring (bicyclic) bond motifs is 2. The lowest BCUT2D eigenvalue weighted by Crippen LogP contribution is -2.50. The molecule has 25 heavy (non-hydrogen) atoms. The Hall–Kier alpha value is -2.12. The Kier molecular flexibility index (Phi) is 4.39. The van der Waals surface area contributed by atoms with Crippen LogP contribution in [0.15, 0.2) is 0 Å². The predicted molar refractivity (Wildman–Crippen MR) is 82.8 cm³/mol. The van der Waals surface area contributed by atoms with Gasteiger partial charge in [0, 0.05) is 0 Å². The largest absolute Gasteiger partial charge is 0.462 e. The molecule has 2 aliphatic rings. The van der Waals surface area contributed by atoms with E-state index in [0.29, 0.717) is 6.42 Å². The SMILES string of the molecule is CCC(C)(C)C(=O)OCCOC(=O)C12OC(=O)C(C)(C(=O)O1)C2(C)C. The third kappa shape index (κ3) is 2.41. The first kappa shape index (κ1) is 19.2. The lowest BCUT2D eigenvalue weighted by molar-refractivity contribution is -0.242. The first-order chi connectivity index (χ1) is 11.4. The summed E-state index contributed by atoms with van der Waals surface area (Å²) in [6.07, 6.45) is 0.605. The van der Waals surface area contributed by atoms with Crippen molar-refractivity contribution >= 4 is 23.9 Å². The number of ether oxygens (including phenoxy) is 4. The summed E-state index contributed by atoms with van der Waals surface area (Å²) in [5.41, 5.74) is -3.43. The summed E-state index contributed by atoms with van der Waals surface area (Å²) in [6, 6.07) is 0. The van der Waals surface area contributed by atoms with E-state index < -0.39 is 45.9 Å². The summed E-state index contributed by atoms with van der Waals surface area (Å²) in [6.45, 7) is 9.43. The number of esters is 4. The van der Waals surface area contributed by atoms with Crippen LogP contribution in [0.4, 0.5) is 0 Å². The van der Waals surface area contributed by atoms with Gasteiger partial charge < -0.3 is 18.9 Å². The number of hydrogen-bond donors (Lipinski definition) is 0. The molecule has 8 nitrogen and oxygen atoms in total. The summed E-state index contributed by atoms with van der Waals surface area (Å²) in [5, 5.41) is 0. The van der Waals surface area contributed by atoms with Gasteiger partial charge in [0.25, 0.3) is 0 Å². The average molecular weight is 356 g/mol. The van der Waals surface area contributed by atoms with E-state index in [2.05, 4.69) is 0 Å². The van der Waals surface area contributed by atoms with Gasteiger partial charge in [0.15, 0.2) is 5.41 Å². The Balaban J connectivity index is 1.99. The lowest BCUT2D eigenvalue weighted by Gasteiger charge is -2.30. The molecule has 2 aliphatic heterocycles. The molecule has 0 spiro atoms. The lowest BCUT2D eigenvalue weighted by atomic mass is 9.66. The summed E-state index contributed by atoms with van der Waals surface area (Å²) in [7, 11) is 0. The maximum atomic E-state index is 12.5. The third-order valence-corrected chi connectivity index (χ3v) is 5.62. The second-order valence-electron chi connectivity index (χ2n) is 7.65. The van der Waals surface area contributed by atoms with E-state index in [1.165, 1.54) is 20.8 Å².